The topological polar surface area (TPSA) is 58.2 Å². The van der Waals surface area contributed by atoms with Crippen molar-refractivity contribution in [2.75, 3.05) is 18.6 Å². The number of benzene rings is 1. The zero-order chi connectivity index (χ0) is 15.9. The number of rotatable bonds is 9. The Hall–Kier alpha value is -0.560. The van der Waals surface area contributed by atoms with Crippen LogP contribution in [0, 0.1) is 0 Å². The average molecular weight is 331 g/mol. The fourth-order valence-corrected chi connectivity index (χ4v) is 3.75. The molecular weight excluding hydrogens is 304 g/mol. The Kier molecular flexibility index (Phi) is 7.73. The molecule has 6 heteroatoms. The van der Waals surface area contributed by atoms with Crippen molar-refractivity contribution < 1.29 is 8.42 Å². The van der Waals surface area contributed by atoms with Crippen LogP contribution in [-0.4, -0.2) is 33.0 Å². The molecule has 0 radical (unpaired) electrons. The normalized spacial score (nSPS) is 12.0. The van der Waals surface area contributed by atoms with Gasteiger partial charge in [0.2, 0.25) is 10.0 Å². The summed E-state index contributed by atoms with van der Waals surface area (Å²) in [5.41, 5.74) is 1.85. The highest BCUT2D eigenvalue weighted by atomic mass is 32.2. The van der Waals surface area contributed by atoms with Gasteiger partial charge in [-0.3, -0.25) is 0 Å². The van der Waals surface area contributed by atoms with E-state index in [4.69, 9.17) is 0 Å². The lowest BCUT2D eigenvalue weighted by Gasteiger charge is -2.13. The molecule has 0 fully saturated rings. The third kappa shape index (κ3) is 5.98. The van der Waals surface area contributed by atoms with Crippen LogP contribution >= 0.6 is 11.8 Å². The molecule has 0 saturated carbocycles. The highest BCUT2D eigenvalue weighted by Crippen LogP contribution is 2.18. The molecule has 1 aromatic carbocycles. The van der Waals surface area contributed by atoms with Gasteiger partial charge in [0.1, 0.15) is 0 Å². The number of hydrogen-bond donors (Lipinski definition) is 2. The summed E-state index contributed by atoms with van der Waals surface area (Å²) in [6.07, 6.45) is 2.67. The standard InChI is InChI=1S/C15H26N2O2S2/c1-5-14-7-6-13(11-16-12(2)3)10-15(14)21(18,19)17-8-9-20-4/h6-7,10,12,16-17H,5,8-9,11H2,1-4H3. The van der Waals surface area contributed by atoms with Crippen LogP contribution in [0.2, 0.25) is 0 Å². The predicted molar refractivity (Wildman–Crippen MR) is 91.4 cm³/mol. The quantitative estimate of drug-likeness (QED) is 0.683. The van der Waals surface area contributed by atoms with Gasteiger partial charge in [-0.1, -0.05) is 32.9 Å². The van der Waals surface area contributed by atoms with Crippen molar-refractivity contribution in [3.8, 4) is 0 Å². The Morgan fingerprint density at radius 3 is 2.57 bits per heavy atom. The molecule has 0 aliphatic carbocycles. The SMILES string of the molecule is CCc1ccc(CNC(C)C)cc1S(=O)(=O)NCCSC. The van der Waals surface area contributed by atoms with Crippen LogP contribution in [0.15, 0.2) is 23.1 Å². The van der Waals surface area contributed by atoms with Crippen molar-refractivity contribution >= 4 is 21.8 Å². The number of sulfonamides is 1. The second-order valence-electron chi connectivity index (χ2n) is 5.22. The second-order valence-corrected chi connectivity index (χ2v) is 7.94. The summed E-state index contributed by atoms with van der Waals surface area (Å²) < 4.78 is 27.5. The minimum absolute atomic E-state index is 0.371. The molecule has 0 amide bonds. The third-order valence-electron chi connectivity index (χ3n) is 3.11. The fourth-order valence-electron chi connectivity index (χ4n) is 1.93. The molecule has 0 bridgehead atoms. The van der Waals surface area contributed by atoms with E-state index in [0.717, 1.165) is 16.9 Å². The molecule has 0 atom stereocenters. The molecule has 0 heterocycles. The van der Waals surface area contributed by atoms with Gasteiger partial charge in [-0.2, -0.15) is 11.8 Å². The summed E-state index contributed by atoms with van der Waals surface area (Å²) in [6.45, 7) is 7.25. The first-order chi connectivity index (χ1) is 9.90. The number of thioether (sulfide) groups is 1. The van der Waals surface area contributed by atoms with E-state index in [0.29, 0.717) is 30.4 Å². The summed E-state index contributed by atoms with van der Waals surface area (Å²) in [4.78, 5) is 0.411. The number of nitrogens with one attached hydrogen (secondary N) is 2. The van der Waals surface area contributed by atoms with Gasteiger partial charge in [0.05, 0.1) is 4.90 Å². The molecule has 21 heavy (non-hydrogen) atoms. The van der Waals surface area contributed by atoms with Gasteiger partial charge in [0.25, 0.3) is 0 Å². The van der Waals surface area contributed by atoms with Crippen LogP contribution in [-0.2, 0) is 23.0 Å². The smallest absolute Gasteiger partial charge is 0.240 e. The lowest BCUT2D eigenvalue weighted by molar-refractivity contribution is 0.580. The predicted octanol–water partition coefficient (Wildman–Crippen LogP) is 2.39. The van der Waals surface area contributed by atoms with Gasteiger partial charge in [0, 0.05) is 24.9 Å². The molecule has 120 valence electrons. The summed E-state index contributed by atoms with van der Waals surface area (Å²) in [6, 6.07) is 6.07. The van der Waals surface area contributed by atoms with Crippen molar-refractivity contribution in [3.05, 3.63) is 29.3 Å². The molecule has 1 aromatic rings. The molecule has 0 aromatic heterocycles. The molecule has 2 N–H and O–H groups in total. The average Bonchev–Trinajstić information content (AvgIpc) is 2.45. The minimum Gasteiger partial charge on any atom is -0.310 e. The van der Waals surface area contributed by atoms with Crippen molar-refractivity contribution in [2.24, 2.45) is 0 Å². The van der Waals surface area contributed by atoms with Gasteiger partial charge < -0.3 is 5.32 Å². The molecule has 4 nitrogen and oxygen atoms in total. The second kappa shape index (κ2) is 8.78. The Morgan fingerprint density at radius 1 is 1.29 bits per heavy atom. The Labute approximate surface area is 133 Å². The molecular formula is C15H26N2O2S2. The van der Waals surface area contributed by atoms with Crippen LogP contribution in [0.4, 0.5) is 0 Å². The Bertz CT molecular complexity index is 543. The highest BCUT2D eigenvalue weighted by molar-refractivity contribution is 7.98. The zero-order valence-corrected chi connectivity index (χ0v) is 14.9. The van der Waals surface area contributed by atoms with Crippen molar-refractivity contribution in [3.63, 3.8) is 0 Å². The molecule has 0 unspecified atom stereocenters. The lowest BCUT2D eigenvalue weighted by atomic mass is 10.1. The van der Waals surface area contributed by atoms with Gasteiger partial charge in [-0.15, -0.1) is 0 Å². The minimum atomic E-state index is -3.43. The van der Waals surface area contributed by atoms with E-state index < -0.39 is 10.0 Å². The van der Waals surface area contributed by atoms with Crippen molar-refractivity contribution in [1.82, 2.24) is 10.0 Å². The first-order valence-electron chi connectivity index (χ1n) is 7.24. The van der Waals surface area contributed by atoms with Crippen LogP contribution < -0.4 is 10.0 Å². The summed E-state index contributed by atoms with van der Waals surface area (Å²) in [7, 11) is -3.43. The van der Waals surface area contributed by atoms with Crippen LogP contribution in [0.3, 0.4) is 0 Å². The molecule has 0 saturated heterocycles. The largest absolute Gasteiger partial charge is 0.310 e. The molecule has 1 rings (SSSR count). The third-order valence-corrected chi connectivity index (χ3v) is 5.27. The number of aryl methyl sites for hydroxylation is 1. The van der Waals surface area contributed by atoms with Crippen molar-refractivity contribution in [2.45, 2.75) is 44.7 Å². The first-order valence-corrected chi connectivity index (χ1v) is 10.1. The van der Waals surface area contributed by atoms with E-state index in [9.17, 15) is 8.42 Å². The van der Waals surface area contributed by atoms with E-state index >= 15 is 0 Å². The first kappa shape index (κ1) is 18.5. The fraction of sp³-hybridized carbons (Fsp3) is 0.600. The van der Waals surface area contributed by atoms with Crippen LogP contribution in [0.5, 0.6) is 0 Å². The van der Waals surface area contributed by atoms with Gasteiger partial charge in [-0.05, 0) is 29.9 Å². The summed E-state index contributed by atoms with van der Waals surface area (Å²) in [5, 5.41) is 3.31. The molecule has 0 spiro atoms. The van der Waals surface area contributed by atoms with E-state index in [1.807, 2.05) is 25.3 Å². The highest BCUT2D eigenvalue weighted by Gasteiger charge is 2.17. The summed E-state index contributed by atoms with van der Waals surface area (Å²) >= 11 is 1.62. The van der Waals surface area contributed by atoms with Gasteiger partial charge >= 0.3 is 0 Å². The maximum atomic E-state index is 12.4. The van der Waals surface area contributed by atoms with Crippen LogP contribution in [0.1, 0.15) is 31.9 Å². The van der Waals surface area contributed by atoms with Crippen LogP contribution in [0.25, 0.3) is 0 Å². The maximum Gasteiger partial charge on any atom is 0.240 e. The zero-order valence-electron chi connectivity index (χ0n) is 13.3. The van der Waals surface area contributed by atoms with E-state index in [1.54, 1.807) is 17.8 Å². The molecule has 0 aliphatic heterocycles. The summed E-state index contributed by atoms with van der Waals surface area (Å²) in [5.74, 6) is 0.773. The Morgan fingerprint density at radius 2 is 2.00 bits per heavy atom. The van der Waals surface area contributed by atoms with Gasteiger partial charge in [-0.25, -0.2) is 13.1 Å². The Balaban J connectivity index is 2.99. The van der Waals surface area contributed by atoms with E-state index in [-0.39, 0.29) is 0 Å². The lowest BCUT2D eigenvalue weighted by Crippen LogP contribution is -2.27. The number of hydrogen-bond acceptors (Lipinski definition) is 4. The maximum absolute atomic E-state index is 12.4. The van der Waals surface area contributed by atoms with Gasteiger partial charge in [0.15, 0.2) is 0 Å². The van der Waals surface area contributed by atoms with E-state index in [2.05, 4.69) is 23.9 Å². The monoisotopic (exact) mass is 330 g/mol. The van der Waals surface area contributed by atoms with Crippen molar-refractivity contribution in [1.29, 1.82) is 0 Å². The molecule has 0 aliphatic rings. The van der Waals surface area contributed by atoms with E-state index in [1.165, 1.54) is 0 Å².